The molecule has 0 aliphatic carbocycles. The van der Waals surface area contributed by atoms with E-state index in [-0.39, 0.29) is 11.5 Å². The summed E-state index contributed by atoms with van der Waals surface area (Å²) in [5.41, 5.74) is 0.119. The maximum Gasteiger partial charge on any atom is 0.130 e. The summed E-state index contributed by atoms with van der Waals surface area (Å²) in [7, 11) is 0. The smallest absolute Gasteiger partial charge is 0.130 e. The average molecular weight is 273 g/mol. The molecule has 0 saturated heterocycles. The summed E-state index contributed by atoms with van der Waals surface area (Å²) >= 11 is 3.04. The predicted molar refractivity (Wildman–Crippen MR) is 60.5 cm³/mol. The summed E-state index contributed by atoms with van der Waals surface area (Å²) in [6.07, 6.45) is 6.22. The van der Waals surface area contributed by atoms with Crippen LogP contribution >= 0.6 is 15.9 Å². The van der Waals surface area contributed by atoms with Crippen LogP contribution in [0.25, 0.3) is 0 Å². The predicted octanol–water partition coefficient (Wildman–Crippen LogP) is 4.24. The lowest BCUT2D eigenvalue weighted by atomic mass is 9.95. The monoisotopic (exact) mass is 272 g/mol. The zero-order valence-electron chi connectivity index (χ0n) is 8.36. The molecule has 1 aromatic carbocycles. The van der Waals surface area contributed by atoms with Crippen molar-refractivity contribution in [3.05, 3.63) is 33.8 Å². The Morgan fingerprint density at radius 3 is 2.40 bits per heavy atom. The van der Waals surface area contributed by atoms with Crippen molar-refractivity contribution in [1.82, 2.24) is 0 Å². The van der Waals surface area contributed by atoms with E-state index in [1.165, 1.54) is 12.1 Å². The summed E-state index contributed by atoms with van der Waals surface area (Å²) in [5.74, 6) is 1.22. The Balaban J connectivity index is 2.99. The van der Waals surface area contributed by atoms with E-state index < -0.39 is 11.6 Å². The number of rotatable bonds is 3. The van der Waals surface area contributed by atoms with E-state index in [1.54, 1.807) is 6.92 Å². The Hall–Kier alpha value is -0.880. The van der Waals surface area contributed by atoms with E-state index in [0.717, 1.165) is 0 Å². The van der Waals surface area contributed by atoms with Gasteiger partial charge in [-0.1, -0.05) is 22.9 Å². The third-order valence-corrected chi connectivity index (χ3v) is 2.72. The maximum absolute atomic E-state index is 13.5. The molecule has 0 spiro atoms. The van der Waals surface area contributed by atoms with Crippen molar-refractivity contribution in [3.8, 4) is 12.3 Å². The minimum Gasteiger partial charge on any atom is -0.207 e. The Bertz CT molecular complexity index is 370. The quantitative estimate of drug-likeness (QED) is 0.722. The number of halogens is 3. The van der Waals surface area contributed by atoms with Crippen LogP contribution in [0.15, 0.2) is 16.6 Å². The molecule has 1 unspecified atom stereocenters. The molecule has 15 heavy (non-hydrogen) atoms. The second-order valence-electron chi connectivity index (χ2n) is 3.43. The number of hydrogen-bond acceptors (Lipinski definition) is 0. The third-order valence-electron chi connectivity index (χ3n) is 2.26. The molecule has 1 rings (SSSR count). The summed E-state index contributed by atoms with van der Waals surface area (Å²) in [5, 5.41) is 0. The molecule has 0 fully saturated rings. The lowest BCUT2D eigenvalue weighted by Gasteiger charge is -2.12. The summed E-state index contributed by atoms with van der Waals surface area (Å²) in [6, 6.07) is 2.54. The summed E-state index contributed by atoms with van der Waals surface area (Å²) < 4.78 is 27.3. The molecule has 0 heterocycles. The highest BCUT2D eigenvalue weighted by Crippen LogP contribution is 2.28. The number of terminal acetylenes is 1. The van der Waals surface area contributed by atoms with Gasteiger partial charge in [0.2, 0.25) is 0 Å². The van der Waals surface area contributed by atoms with E-state index in [4.69, 9.17) is 6.42 Å². The zero-order valence-corrected chi connectivity index (χ0v) is 9.94. The molecule has 3 heteroatoms. The van der Waals surface area contributed by atoms with E-state index in [1.807, 2.05) is 0 Å². The molecule has 0 aromatic heterocycles. The molecule has 0 N–H and O–H groups in total. The number of benzene rings is 1. The molecule has 0 amide bonds. The molecule has 0 aliphatic rings. The van der Waals surface area contributed by atoms with Gasteiger partial charge in [-0.15, -0.1) is 12.3 Å². The van der Waals surface area contributed by atoms with Crippen LogP contribution in [0.5, 0.6) is 0 Å². The highest BCUT2D eigenvalue weighted by Gasteiger charge is 2.16. The van der Waals surface area contributed by atoms with Gasteiger partial charge in [-0.25, -0.2) is 8.78 Å². The SMILES string of the molecule is C#CCCC(C)c1c(F)cc(Br)cc1F. The highest BCUT2D eigenvalue weighted by atomic mass is 79.9. The first-order valence-electron chi connectivity index (χ1n) is 4.64. The largest absolute Gasteiger partial charge is 0.207 e. The lowest BCUT2D eigenvalue weighted by Crippen LogP contribution is -2.01. The Morgan fingerprint density at radius 2 is 1.93 bits per heavy atom. The Kier molecular flexibility index (Phi) is 4.28. The molecule has 0 nitrogen and oxygen atoms in total. The summed E-state index contributed by atoms with van der Waals surface area (Å²) in [4.78, 5) is 0. The van der Waals surface area contributed by atoms with E-state index in [9.17, 15) is 8.78 Å². The van der Waals surface area contributed by atoms with Crippen LogP contribution in [0.2, 0.25) is 0 Å². The fraction of sp³-hybridized carbons (Fsp3) is 0.333. The fourth-order valence-corrected chi connectivity index (χ4v) is 1.87. The van der Waals surface area contributed by atoms with Crippen molar-refractivity contribution in [2.24, 2.45) is 0 Å². The van der Waals surface area contributed by atoms with Crippen molar-refractivity contribution in [1.29, 1.82) is 0 Å². The second-order valence-corrected chi connectivity index (χ2v) is 4.34. The third kappa shape index (κ3) is 3.04. The van der Waals surface area contributed by atoms with Crippen LogP contribution in [0, 0.1) is 24.0 Å². The first-order valence-corrected chi connectivity index (χ1v) is 5.43. The van der Waals surface area contributed by atoms with Gasteiger partial charge in [0, 0.05) is 16.5 Å². The lowest BCUT2D eigenvalue weighted by molar-refractivity contribution is 0.522. The molecule has 0 radical (unpaired) electrons. The van der Waals surface area contributed by atoms with Gasteiger partial charge < -0.3 is 0 Å². The average Bonchev–Trinajstić information content (AvgIpc) is 2.12. The van der Waals surface area contributed by atoms with Crippen molar-refractivity contribution >= 4 is 15.9 Å². The molecule has 0 bridgehead atoms. The van der Waals surface area contributed by atoms with Crippen LogP contribution < -0.4 is 0 Å². The van der Waals surface area contributed by atoms with Crippen LogP contribution in [-0.2, 0) is 0 Å². The van der Waals surface area contributed by atoms with Gasteiger partial charge in [0.15, 0.2) is 0 Å². The topological polar surface area (TPSA) is 0 Å². The standard InChI is InChI=1S/C12H11BrF2/c1-3-4-5-8(2)12-10(14)6-9(13)7-11(12)15/h1,6-8H,4-5H2,2H3. The van der Waals surface area contributed by atoms with Crippen LogP contribution in [-0.4, -0.2) is 0 Å². The molecular weight excluding hydrogens is 262 g/mol. The second kappa shape index (κ2) is 5.27. The summed E-state index contributed by atoms with van der Waals surface area (Å²) in [6.45, 7) is 1.77. The van der Waals surface area contributed by atoms with Gasteiger partial charge in [-0.3, -0.25) is 0 Å². The molecule has 0 aliphatic heterocycles. The molecule has 1 aromatic rings. The van der Waals surface area contributed by atoms with E-state index in [2.05, 4.69) is 21.9 Å². The van der Waals surface area contributed by atoms with Crippen molar-refractivity contribution in [2.75, 3.05) is 0 Å². The maximum atomic E-state index is 13.5. The van der Waals surface area contributed by atoms with Crippen molar-refractivity contribution in [2.45, 2.75) is 25.7 Å². The van der Waals surface area contributed by atoms with Gasteiger partial charge in [-0.05, 0) is 24.5 Å². The van der Waals surface area contributed by atoms with E-state index in [0.29, 0.717) is 17.3 Å². The van der Waals surface area contributed by atoms with Gasteiger partial charge >= 0.3 is 0 Å². The van der Waals surface area contributed by atoms with Crippen LogP contribution in [0.4, 0.5) is 8.78 Å². The minimum absolute atomic E-state index is 0.119. The van der Waals surface area contributed by atoms with Crippen LogP contribution in [0.3, 0.4) is 0 Å². The van der Waals surface area contributed by atoms with Crippen molar-refractivity contribution < 1.29 is 8.78 Å². The molecule has 1 atom stereocenters. The highest BCUT2D eigenvalue weighted by molar-refractivity contribution is 9.10. The first-order chi connectivity index (χ1) is 7.06. The van der Waals surface area contributed by atoms with E-state index >= 15 is 0 Å². The molecular formula is C12H11BrF2. The normalized spacial score (nSPS) is 12.2. The van der Waals surface area contributed by atoms with Gasteiger partial charge in [0.05, 0.1) is 0 Å². The number of hydrogen-bond donors (Lipinski definition) is 0. The van der Waals surface area contributed by atoms with Crippen LogP contribution in [0.1, 0.15) is 31.2 Å². The zero-order chi connectivity index (χ0) is 11.4. The van der Waals surface area contributed by atoms with Gasteiger partial charge in [-0.2, -0.15) is 0 Å². The fourth-order valence-electron chi connectivity index (χ4n) is 1.47. The Labute approximate surface area is 96.8 Å². The van der Waals surface area contributed by atoms with Gasteiger partial charge in [0.25, 0.3) is 0 Å². The first kappa shape index (κ1) is 12.2. The van der Waals surface area contributed by atoms with Gasteiger partial charge in [0.1, 0.15) is 11.6 Å². The molecule has 80 valence electrons. The molecule has 0 saturated carbocycles. The van der Waals surface area contributed by atoms with Crippen molar-refractivity contribution in [3.63, 3.8) is 0 Å². The minimum atomic E-state index is -0.522. The Morgan fingerprint density at radius 1 is 1.40 bits per heavy atom.